The first-order valence-electron chi connectivity index (χ1n) is 3.41. The lowest BCUT2D eigenvalue weighted by atomic mass is 9.99. The van der Waals surface area contributed by atoms with Crippen molar-refractivity contribution in [2.45, 2.75) is 38.9 Å². The second-order valence-corrected chi connectivity index (χ2v) is 2.06. The number of unbranched alkanes of at least 4 members (excludes halogenated alkanes) is 3. The lowest BCUT2D eigenvalue weighted by Crippen LogP contribution is -1.72. The van der Waals surface area contributed by atoms with Crippen LogP contribution in [0.1, 0.15) is 32.6 Å². The van der Waals surface area contributed by atoms with Gasteiger partial charge in [-0.1, -0.05) is 38.9 Å². The van der Waals surface area contributed by atoms with Gasteiger partial charge in [0.25, 0.3) is 0 Å². The summed E-state index contributed by atoms with van der Waals surface area (Å²) in [5.74, 6) is 0. The Kier molecular flexibility index (Phi) is 6.12. The van der Waals surface area contributed by atoms with Gasteiger partial charge in [0.05, 0.1) is 0 Å². The maximum absolute atomic E-state index is 2.25. The van der Waals surface area contributed by atoms with E-state index in [1.165, 1.54) is 32.0 Å². The Morgan fingerprint density at radius 1 is 1.14 bits per heavy atom. The minimum Gasteiger partial charge on any atom is -0.0811 e. The highest BCUT2D eigenvalue weighted by molar-refractivity contribution is 6.08. The van der Waals surface area contributed by atoms with E-state index in [0.29, 0.717) is 0 Å². The van der Waals surface area contributed by atoms with Crippen LogP contribution in [0, 0.1) is 0 Å². The minimum atomic E-state index is 1.36. The van der Waals surface area contributed by atoms with Crippen molar-refractivity contribution in [3.8, 4) is 0 Å². The first kappa shape index (κ1) is 7.06. The molecule has 0 nitrogen and oxygen atoms in total. The van der Waals surface area contributed by atoms with E-state index in [1.807, 2.05) is 0 Å². The summed E-state index contributed by atoms with van der Waals surface area (Å²) in [5.41, 5.74) is 0. The molecule has 0 heterocycles. The molecule has 0 aliphatic carbocycles. The van der Waals surface area contributed by atoms with E-state index in [1.54, 1.807) is 0 Å². The zero-order valence-corrected chi connectivity index (χ0v) is 5.54. The third-order valence-corrected chi connectivity index (χ3v) is 1.21. The van der Waals surface area contributed by atoms with Crippen LogP contribution < -0.4 is 0 Å². The standard InChI is InChI=1S/C6H15B/c1-2-3-4-5-6-7/h2-7H2,1H3. The molecule has 1 heteroatoms. The zero-order valence-electron chi connectivity index (χ0n) is 5.54. The van der Waals surface area contributed by atoms with Crippen LogP contribution in [-0.2, 0) is 0 Å². The summed E-state index contributed by atoms with van der Waals surface area (Å²) >= 11 is 0. The number of rotatable bonds is 4. The molecule has 0 aromatic carbocycles. The molecule has 0 spiro atoms. The smallest absolute Gasteiger partial charge is 0.0811 e. The fraction of sp³-hybridized carbons (Fsp3) is 1.00. The van der Waals surface area contributed by atoms with Crippen molar-refractivity contribution in [1.82, 2.24) is 0 Å². The van der Waals surface area contributed by atoms with E-state index < -0.39 is 0 Å². The molecule has 0 rings (SSSR count). The summed E-state index contributed by atoms with van der Waals surface area (Å²) in [4.78, 5) is 0. The molecule has 0 atom stereocenters. The van der Waals surface area contributed by atoms with Gasteiger partial charge >= 0.3 is 0 Å². The number of hydrogen-bond donors (Lipinski definition) is 0. The largest absolute Gasteiger partial charge is 0.101 e. The van der Waals surface area contributed by atoms with E-state index in [4.69, 9.17) is 0 Å². The van der Waals surface area contributed by atoms with Crippen LogP contribution in [-0.4, -0.2) is 7.85 Å². The highest BCUT2D eigenvalue weighted by Crippen LogP contribution is 1.99. The van der Waals surface area contributed by atoms with Gasteiger partial charge in [0, 0.05) is 0 Å². The predicted octanol–water partition coefficient (Wildman–Crippen LogP) is 1.62. The van der Waals surface area contributed by atoms with Crippen molar-refractivity contribution in [1.29, 1.82) is 0 Å². The van der Waals surface area contributed by atoms with Gasteiger partial charge in [-0.3, -0.25) is 0 Å². The molecule has 42 valence electrons. The van der Waals surface area contributed by atoms with Crippen molar-refractivity contribution in [2.24, 2.45) is 0 Å². The van der Waals surface area contributed by atoms with Gasteiger partial charge in [0.2, 0.25) is 0 Å². The Labute approximate surface area is 47.7 Å². The summed E-state index contributed by atoms with van der Waals surface area (Å²) < 4.78 is 0. The van der Waals surface area contributed by atoms with E-state index >= 15 is 0 Å². The molecule has 0 aromatic rings. The third kappa shape index (κ3) is 6.06. The summed E-state index contributed by atoms with van der Waals surface area (Å²) in [5, 5.41) is 0. The molecule has 0 saturated carbocycles. The van der Waals surface area contributed by atoms with Crippen LogP contribution >= 0.6 is 0 Å². The molecule has 0 aromatic heterocycles. The summed E-state index contributed by atoms with van der Waals surface area (Å²) in [6.07, 6.45) is 7.01. The maximum Gasteiger partial charge on any atom is 0.101 e. The fourth-order valence-corrected chi connectivity index (χ4v) is 0.677. The van der Waals surface area contributed by atoms with Crippen molar-refractivity contribution in [3.63, 3.8) is 0 Å². The molecule has 0 fully saturated rings. The number of hydrogen-bond acceptors (Lipinski definition) is 0. The summed E-state index contributed by atoms with van der Waals surface area (Å²) in [6, 6.07) is 0. The highest BCUT2D eigenvalue weighted by atomic mass is 13.8. The monoisotopic (exact) mass is 98.1 g/mol. The average Bonchev–Trinajstić information content (AvgIpc) is 1.69. The van der Waals surface area contributed by atoms with Crippen LogP contribution in [0.4, 0.5) is 0 Å². The van der Waals surface area contributed by atoms with Gasteiger partial charge in [0.1, 0.15) is 7.85 Å². The molecule has 0 unspecified atom stereocenters. The van der Waals surface area contributed by atoms with Gasteiger partial charge in [-0.05, 0) is 0 Å². The minimum absolute atomic E-state index is 1.36. The molecule has 0 saturated heterocycles. The normalized spacial score (nSPS) is 9.29. The van der Waals surface area contributed by atoms with Gasteiger partial charge in [-0.2, -0.15) is 0 Å². The van der Waals surface area contributed by atoms with Crippen LogP contribution in [0.2, 0.25) is 6.32 Å². The molecular formula is C6H15B. The lowest BCUT2D eigenvalue weighted by molar-refractivity contribution is 0.701. The molecule has 0 aliphatic heterocycles. The molecule has 0 bridgehead atoms. The zero-order chi connectivity index (χ0) is 5.54. The molecule has 0 aliphatic rings. The molecule has 7 heavy (non-hydrogen) atoms. The molecule has 0 radical (unpaired) electrons. The van der Waals surface area contributed by atoms with Crippen molar-refractivity contribution in [3.05, 3.63) is 0 Å². The van der Waals surface area contributed by atoms with Crippen molar-refractivity contribution >= 4 is 7.85 Å². The average molecular weight is 98.0 g/mol. The first-order chi connectivity index (χ1) is 3.41. The lowest BCUT2D eigenvalue weighted by Gasteiger charge is -1.90. The first-order valence-corrected chi connectivity index (χ1v) is 3.41. The highest BCUT2D eigenvalue weighted by Gasteiger charge is 1.80. The molecule has 0 amide bonds. The Hall–Kier alpha value is 0.0649. The maximum atomic E-state index is 2.25. The second kappa shape index (κ2) is 6.06. The van der Waals surface area contributed by atoms with E-state index in [9.17, 15) is 0 Å². The Morgan fingerprint density at radius 3 is 2.29 bits per heavy atom. The van der Waals surface area contributed by atoms with Gasteiger partial charge in [-0.25, -0.2) is 0 Å². The van der Waals surface area contributed by atoms with E-state index in [-0.39, 0.29) is 0 Å². The SMILES string of the molecule is BCCCCCC. The van der Waals surface area contributed by atoms with Gasteiger partial charge in [0.15, 0.2) is 0 Å². The van der Waals surface area contributed by atoms with Crippen LogP contribution in [0.5, 0.6) is 0 Å². The topological polar surface area (TPSA) is 0 Å². The van der Waals surface area contributed by atoms with Crippen LogP contribution in [0.15, 0.2) is 0 Å². The van der Waals surface area contributed by atoms with E-state index in [0.717, 1.165) is 0 Å². The Bertz CT molecular complexity index is 23.4. The molecule has 0 N–H and O–H groups in total. The quantitative estimate of drug-likeness (QED) is 0.370. The second-order valence-electron chi connectivity index (χ2n) is 2.06. The van der Waals surface area contributed by atoms with Gasteiger partial charge in [-0.15, -0.1) is 0 Å². The van der Waals surface area contributed by atoms with Crippen LogP contribution in [0.3, 0.4) is 0 Å². The van der Waals surface area contributed by atoms with E-state index in [2.05, 4.69) is 14.8 Å². The summed E-state index contributed by atoms with van der Waals surface area (Å²) in [6.45, 7) is 2.25. The van der Waals surface area contributed by atoms with Crippen LogP contribution in [0.25, 0.3) is 0 Å². The Balaban J connectivity index is 2.45. The predicted molar refractivity (Wildman–Crippen MR) is 37.5 cm³/mol. The Morgan fingerprint density at radius 2 is 1.86 bits per heavy atom. The fourth-order valence-electron chi connectivity index (χ4n) is 0.677. The third-order valence-electron chi connectivity index (χ3n) is 1.21. The molecular weight excluding hydrogens is 82.9 g/mol. The van der Waals surface area contributed by atoms with Crippen molar-refractivity contribution < 1.29 is 0 Å². The van der Waals surface area contributed by atoms with Gasteiger partial charge < -0.3 is 0 Å². The van der Waals surface area contributed by atoms with Crippen molar-refractivity contribution in [2.75, 3.05) is 0 Å². The summed E-state index contributed by atoms with van der Waals surface area (Å²) in [7, 11) is 2.25.